The van der Waals surface area contributed by atoms with Crippen molar-refractivity contribution < 1.29 is 9.84 Å². The zero-order chi connectivity index (χ0) is 11.2. The molecular weight excluding hydrogens is 202 g/mol. The van der Waals surface area contributed by atoms with Crippen molar-refractivity contribution in [2.75, 3.05) is 13.2 Å². The molecule has 3 rings (SSSR count). The summed E-state index contributed by atoms with van der Waals surface area (Å²) in [7, 11) is 0. The fourth-order valence-electron chi connectivity index (χ4n) is 4.30. The SMILES string of the molecule is N#CC1(C2(O)CCOCC2)CC2CCC1C2. The summed E-state index contributed by atoms with van der Waals surface area (Å²) in [5.41, 5.74) is -1.24. The second-order valence-electron chi connectivity index (χ2n) is 5.81. The van der Waals surface area contributed by atoms with E-state index in [0.717, 1.165) is 19.3 Å². The highest BCUT2D eigenvalue weighted by atomic mass is 16.5. The van der Waals surface area contributed by atoms with Crippen LogP contribution in [0.3, 0.4) is 0 Å². The number of nitriles is 1. The van der Waals surface area contributed by atoms with Gasteiger partial charge in [-0.3, -0.25) is 0 Å². The Kier molecular flexibility index (Phi) is 2.28. The lowest BCUT2D eigenvalue weighted by Crippen LogP contribution is -2.53. The molecule has 2 bridgehead atoms. The van der Waals surface area contributed by atoms with Gasteiger partial charge in [-0.05, 0) is 31.1 Å². The van der Waals surface area contributed by atoms with E-state index in [4.69, 9.17) is 4.74 Å². The molecule has 1 saturated heterocycles. The van der Waals surface area contributed by atoms with Crippen LogP contribution in [-0.4, -0.2) is 23.9 Å². The Morgan fingerprint density at radius 3 is 2.50 bits per heavy atom. The smallest absolute Gasteiger partial charge is 0.0892 e. The summed E-state index contributed by atoms with van der Waals surface area (Å²) < 4.78 is 5.32. The van der Waals surface area contributed by atoms with Gasteiger partial charge in [0.15, 0.2) is 0 Å². The van der Waals surface area contributed by atoms with Crippen LogP contribution in [0.2, 0.25) is 0 Å². The van der Waals surface area contributed by atoms with Crippen molar-refractivity contribution in [3.8, 4) is 6.07 Å². The first kappa shape index (κ1) is 10.6. The van der Waals surface area contributed by atoms with E-state index in [1.54, 1.807) is 0 Å². The second kappa shape index (κ2) is 3.45. The molecule has 2 aliphatic carbocycles. The van der Waals surface area contributed by atoms with E-state index < -0.39 is 11.0 Å². The van der Waals surface area contributed by atoms with Crippen LogP contribution in [-0.2, 0) is 4.74 Å². The Morgan fingerprint density at radius 1 is 1.25 bits per heavy atom. The molecule has 0 amide bonds. The molecule has 1 heterocycles. The molecule has 1 N–H and O–H groups in total. The van der Waals surface area contributed by atoms with E-state index >= 15 is 0 Å². The number of aliphatic hydroxyl groups is 1. The van der Waals surface area contributed by atoms with Crippen LogP contribution in [0.15, 0.2) is 0 Å². The third-order valence-electron chi connectivity index (χ3n) is 5.20. The van der Waals surface area contributed by atoms with Crippen molar-refractivity contribution in [1.82, 2.24) is 0 Å². The predicted molar refractivity (Wildman–Crippen MR) is 58.5 cm³/mol. The summed E-state index contributed by atoms with van der Waals surface area (Å²) in [4.78, 5) is 0. The lowest BCUT2D eigenvalue weighted by Gasteiger charge is -2.47. The molecule has 0 aromatic carbocycles. The van der Waals surface area contributed by atoms with Gasteiger partial charge in [0, 0.05) is 26.1 Å². The van der Waals surface area contributed by atoms with Crippen molar-refractivity contribution >= 4 is 0 Å². The van der Waals surface area contributed by atoms with Crippen molar-refractivity contribution in [2.24, 2.45) is 17.3 Å². The molecule has 88 valence electrons. The zero-order valence-corrected chi connectivity index (χ0v) is 9.61. The molecule has 3 aliphatic rings. The van der Waals surface area contributed by atoms with Gasteiger partial charge in [-0.25, -0.2) is 0 Å². The minimum absolute atomic E-state index is 0.436. The van der Waals surface area contributed by atoms with Gasteiger partial charge in [-0.15, -0.1) is 0 Å². The van der Waals surface area contributed by atoms with Gasteiger partial charge >= 0.3 is 0 Å². The zero-order valence-electron chi connectivity index (χ0n) is 9.61. The number of hydrogen-bond donors (Lipinski definition) is 1. The van der Waals surface area contributed by atoms with E-state index in [-0.39, 0.29) is 0 Å². The first-order chi connectivity index (χ1) is 7.70. The second-order valence-corrected chi connectivity index (χ2v) is 5.81. The molecule has 16 heavy (non-hydrogen) atoms. The Morgan fingerprint density at radius 2 is 2.00 bits per heavy atom. The molecule has 3 nitrogen and oxygen atoms in total. The Balaban J connectivity index is 1.93. The van der Waals surface area contributed by atoms with Gasteiger partial charge in [0.25, 0.3) is 0 Å². The Hall–Kier alpha value is -0.590. The maximum absolute atomic E-state index is 10.8. The fourth-order valence-corrected chi connectivity index (χ4v) is 4.30. The van der Waals surface area contributed by atoms with Gasteiger partial charge in [-0.2, -0.15) is 5.26 Å². The van der Waals surface area contributed by atoms with Gasteiger partial charge in [-0.1, -0.05) is 6.42 Å². The lowest BCUT2D eigenvalue weighted by atomic mass is 9.60. The molecule has 3 fully saturated rings. The van der Waals surface area contributed by atoms with Crippen LogP contribution in [0.4, 0.5) is 0 Å². The summed E-state index contributed by atoms with van der Waals surface area (Å²) in [6.07, 6.45) is 5.77. The number of ether oxygens (including phenoxy) is 1. The minimum Gasteiger partial charge on any atom is -0.388 e. The Labute approximate surface area is 96.4 Å². The minimum atomic E-state index is -0.778. The average molecular weight is 221 g/mol. The maximum Gasteiger partial charge on any atom is 0.0892 e. The van der Waals surface area contributed by atoms with Crippen molar-refractivity contribution in [2.45, 2.75) is 44.1 Å². The molecule has 2 saturated carbocycles. The quantitative estimate of drug-likeness (QED) is 0.735. The summed E-state index contributed by atoms with van der Waals surface area (Å²) >= 11 is 0. The molecule has 0 spiro atoms. The van der Waals surface area contributed by atoms with Crippen LogP contribution >= 0.6 is 0 Å². The first-order valence-corrected chi connectivity index (χ1v) is 6.42. The summed E-state index contributed by atoms with van der Waals surface area (Å²) in [6.45, 7) is 1.22. The van der Waals surface area contributed by atoms with Gasteiger partial charge < -0.3 is 9.84 Å². The summed E-state index contributed by atoms with van der Waals surface area (Å²) in [6, 6.07) is 2.51. The molecule has 3 unspecified atom stereocenters. The van der Waals surface area contributed by atoms with E-state index in [1.807, 2.05) is 0 Å². The Bertz CT molecular complexity index is 329. The van der Waals surface area contributed by atoms with Crippen molar-refractivity contribution in [3.05, 3.63) is 0 Å². The molecule has 0 aromatic heterocycles. The van der Waals surface area contributed by atoms with Crippen LogP contribution in [0.25, 0.3) is 0 Å². The van der Waals surface area contributed by atoms with Gasteiger partial charge in [0.2, 0.25) is 0 Å². The van der Waals surface area contributed by atoms with Crippen LogP contribution in [0.1, 0.15) is 38.5 Å². The number of hydrogen-bond acceptors (Lipinski definition) is 3. The van der Waals surface area contributed by atoms with E-state index in [9.17, 15) is 10.4 Å². The fraction of sp³-hybridized carbons (Fsp3) is 0.923. The predicted octanol–water partition coefficient (Wildman–Crippen LogP) is 1.86. The topological polar surface area (TPSA) is 53.2 Å². The van der Waals surface area contributed by atoms with Crippen LogP contribution in [0, 0.1) is 28.6 Å². The maximum atomic E-state index is 10.8. The monoisotopic (exact) mass is 221 g/mol. The normalized spacial score (nSPS) is 45.5. The third-order valence-corrected chi connectivity index (χ3v) is 5.20. The van der Waals surface area contributed by atoms with Gasteiger partial charge in [0.05, 0.1) is 17.1 Å². The highest BCUT2D eigenvalue weighted by molar-refractivity contribution is 5.20. The largest absolute Gasteiger partial charge is 0.388 e. The molecule has 3 atom stereocenters. The summed E-state index contributed by atoms with van der Waals surface area (Å²) in [5.74, 6) is 1.13. The van der Waals surface area contributed by atoms with Crippen molar-refractivity contribution in [1.29, 1.82) is 5.26 Å². The lowest BCUT2D eigenvalue weighted by molar-refractivity contribution is -0.140. The number of rotatable bonds is 1. The van der Waals surface area contributed by atoms with E-state index in [2.05, 4.69) is 6.07 Å². The third kappa shape index (κ3) is 1.20. The molecule has 1 aliphatic heterocycles. The van der Waals surface area contributed by atoms with Crippen LogP contribution in [0.5, 0.6) is 0 Å². The standard InChI is InChI=1S/C13H19NO2/c14-9-12(8-10-1-2-11(12)7-10)13(15)3-5-16-6-4-13/h10-11,15H,1-8H2. The highest BCUT2D eigenvalue weighted by Gasteiger charge is 2.62. The van der Waals surface area contributed by atoms with E-state index in [1.165, 1.54) is 6.42 Å². The van der Waals surface area contributed by atoms with E-state index in [0.29, 0.717) is 37.9 Å². The molecular formula is C13H19NO2. The number of fused-ring (bicyclic) bond motifs is 2. The first-order valence-electron chi connectivity index (χ1n) is 6.42. The molecule has 0 aromatic rings. The van der Waals surface area contributed by atoms with Gasteiger partial charge in [0.1, 0.15) is 0 Å². The number of nitrogens with zero attached hydrogens (tertiary/aromatic N) is 1. The van der Waals surface area contributed by atoms with Crippen molar-refractivity contribution in [3.63, 3.8) is 0 Å². The average Bonchev–Trinajstić information content (AvgIpc) is 2.90. The molecule has 3 heteroatoms. The van der Waals surface area contributed by atoms with Crippen LogP contribution < -0.4 is 0 Å². The molecule has 0 radical (unpaired) electrons. The highest BCUT2D eigenvalue weighted by Crippen LogP contribution is 2.61. The summed E-state index contributed by atoms with van der Waals surface area (Å²) in [5, 5.41) is 20.4.